The first-order chi connectivity index (χ1) is 24.4. The number of benzene rings is 4. The predicted octanol–water partition coefficient (Wildman–Crippen LogP) is 6.79. The predicted molar refractivity (Wildman–Crippen MR) is 175 cm³/mol. The molecule has 0 radical (unpaired) electrons. The van der Waals surface area contributed by atoms with Crippen LogP contribution in [0.15, 0.2) is 71.8 Å². The van der Waals surface area contributed by atoms with Gasteiger partial charge in [0.1, 0.15) is 71.8 Å². The average Bonchev–Trinajstić information content (AvgIpc) is 3.66. The number of nitrogens with zero attached hydrogens (tertiary/aromatic N) is 10. The molecule has 2 aliphatic rings. The van der Waals surface area contributed by atoms with E-state index in [1.807, 2.05) is 60.7 Å². The molecule has 50 heavy (non-hydrogen) atoms. The molecule has 0 aromatic heterocycles. The summed E-state index contributed by atoms with van der Waals surface area (Å²) in [5.74, 6) is 0. The minimum absolute atomic E-state index is 0.00171. The zero-order chi connectivity index (χ0) is 35.7. The third kappa shape index (κ3) is 4.41. The molecule has 0 saturated heterocycles. The van der Waals surface area contributed by atoms with E-state index in [2.05, 4.69) is 0 Å². The molecule has 4 aromatic carbocycles. The van der Waals surface area contributed by atoms with Gasteiger partial charge in [-0.1, -0.05) is 24.3 Å². The highest BCUT2D eigenvalue weighted by molar-refractivity contribution is 6.38. The Morgan fingerprint density at radius 2 is 0.660 bits per heavy atom. The van der Waals surface area contributed by atoms with Crippen LogP contribution in [0.3, 0.4) is 0 Å². The first kappa shape index (κ1) is 31.0. The van der Waals surface area contributed by atoms with Gasteiger partial charge in [0.05, 0.1) is 33.4 Å². The van der Waals surface area contributed by atoms with E-state index in [9.17, 15) is 52.6 Å². The summed E-state index contributed by atoms with van der Waals surface area (Å²) in [6.07, 6.45) is 0. The zero-order valence-electron chi connectivity index (χ0n) is 25.2. The lowest BCUT2D eigenvalue weighted by Crippen LogP contribution is -1.98. The van der Waals surface area contributed by atoms with E-state index in [1.165, 1.54) is 24.3 Å². The van der Waals surface area contributed by atoms with Crippen molar-refractivity contribution in [3.05, 3.63) is 127 Å². The maximum Gasteiger partial charge on any atom is 0.138 e. The van der Waals surface area contributed by atoms with Crippen molar-refractivity contribution in [2.45, 2.75) is 0 Å². The number of allylic oxidation sites excluding steroid dienone is 6. The molecule has 0 bridgehead atoms. The van der Waals surface area contributed by atoms with Crippen molar-refractivity contribution < 1.29 is 0 Å². The van der Waals surface area contributed by atoms with E-state index in [1.54, 1.807) is 36.4 Å². The van der Waals surface area contributed by atoms with E-state index >= 15 is 0 Å². The van der Waals surface area contributed by atoms with Crippen molar-refractivity contribution in [2.75, 3.05) is 0 Å². The third-order valence-corrected chi connectivity index (χ3v) is 8.46. The maximum atomic E-state index is 10.1. The molecule has 220 valence electrons. The molecule has 0 unspecified atom stereocenters. The van der Waals surface area contributed by atoms with Gasteiger partial charge in [-0.2, -0.15) is 52.6 Å². The van der Waals surface area contributed by atoms with Gasteiger partial charge in [0.25, 0.3) is 0 Å². The van der Waals surface area contributed by atoms with Crippen LogP contribution < -0.4 is 0 Å². The Morgan fingerprint density at radius 3 is 0.920 bits per heavy atom. The molecule has 0 atom stereocenters. The van der Waals surface area contributed by atoms with E-state index in [4.69, 9.17) is 0 Å². The van der Waals surface area contributed by atoms with Crippen LogP contribution in [-0.2, 0) is 0 Å². The van der Waals surface area contributed by atoms with E-state index in [-0.39, 0.29) is 55.7 Å². The Hall–Kier alpha value is -9.00. The van der Waals surface area contributed by atoms with Crippen molar-refractivity contribution in [1.29, 1.82) is 52.6 Å². The Labute approximate surface area is 284 Å². The van der Waals surface area contributed by atoms with Crippen molar-refractivity contribution >= 4 is 22.3 Å². The highest BCUT2D eigenvalue weighted by Gasteiger charge is 2.40. The molecule has 0 heterocycles. The van der Waals surface area contributed by atoms with Gasteiger partial charge in [-0.3, -0.25) is 0 Å². The molecule has 4 aromatic rings. The van der Waals surface area contributed by atoms with Gasteiger partial charge in [0, 0.05) is 22.3 Å². The standard InChI is InChI=1S/C40H10N10/c41-11-25-5-23(6-26(12-42)35(25)19-49)21-1-3-31-33(9-21)37(29(15-45)16-46)40-32-4-2-22(10-34(32)38(39(31)40)30(17-47)18-48)24-7-27(13-43)36(20-50)28(8-24)14-44/h1-10H. The fourth-order valence-electron chi connectivity index (χ4n) is 6.36. The summed E-state index contributed by atoms with van der Waals surface area (Å²) in [5.41, 5.74) is 4.65. The smallest absolute Gasteiger partial charge is 0.138 e. The normalized spacial score (nSPS) is 11.2. The van der Waals surface area contributed by atoms with Crippen LogP contribution >= 0.6 is 0 Å². The van der Waals surface area contributed by atoms with Gasteiger partial charge in [-0.25, -0.2) is 0 Å². The van der Waals surface area contributed by atoms with Crippen LogP contribution in [0.5, 0.6) is 0 Å². The van der Waals surface area contributed by atoms with E-state index in [0.29, 0.717) is 55.7 Å². The highest BCUT2D eigenvalue weighted by atomic mass is 14.4. The van der Waals surface area contributed by atoms with Gasteiger partial charge in [-0.15, -0.1) is 0 Å². The number of nitriles is 10. The van der Waals surface area contributed by atoms with Crippen molar-refractivity contribution in [2.24, 2.45) is 0 Å². The van der Waals surface area contributed by atoms with Gasteiger partial charge >= 0.3 is 0 Å². The van der Waals surface area contributed by atoms with Crippen LogP contribution in [0.1, 0.15) is 55.6 Å². The second-order valence-corrected chi connectivity index (χ2v) is 10.8. The van der Waals surface area contributed by atoms with Gasteiger partial charge in [0.2, 0.25) is 0 Å². The number of rotatable bonds is 2. The molecule has 10 nitrogen and oxygen atoms in total. The highest BCUT2D eigenvalue weighted by Crippen LogP contribution is 2.59. The number of fused-ring (bicyclic) bond motifs is 4. The molecule has 10 heteroatoms. The van der Waals surface area contributed by atoms with E-state index in [0.717, 1.165) is 0 Å². The first-order valence-electron chi connectivity index (χ1n) is 14.3. The summed E-state index contributed by atoms with van der Waals surface area (Å²) in [5, 5.41) is 98.2. The van der Waals surface area contributed by atoms with Crippen LogP contribution in [-0.4, -0.2) is 0 Å². The molecule has 0 aliphatic heterocycles. The quantitative estimate of drug-likeness (QED) is 0.210. The topological polar surface area (TPSA) is 238 Å². The number of hydrogen-bond acceptors (Lipinski definition) is 10. The van der Waals surface area contributed by atoms with Gasteiger partial charge in [0.15, 0.2) is 0 Å². The van der Waals surface area contributed by atoms with Crippen LogP contribution in [0, 0.1) is 113 Å². The fourth-order valence-corrected chi connectivity index (χ4v) is 6.36. The van der Waals surface area contributed by atoms with Crippen molar-refractivity contribution in [3.63, 3.8) is 0 Å². The Balaban J connectivity index is 1.64. The minimum Gasteiger partial charge on any atom is -0.192 e. The first-order valence-corrected chi connectivity index (χ1v) is 14.3. The molecular weight excluding hydrogens is 621 g/mol. The monoisotopic (exact) mass is 630 g/mol. The maximum absolute atomic E-state index is 10.1. The Kier molecular flexibility index (Phi) is 7.48. The SMILES string of the molecule is N#CC(C#N)=C1C2=C(C(=C(C#N)C#N)c3cc(-c4cc(C#N)c(C#N)c(C#N)c4)ccc32)c2ccc(-c3cc(C#N)c(C#N)c(C#N)c3)cc21. The average molecular weight is 631 g/mol. The summed E-state index contributed by atoms with van der Waals surface area (Å²) in [6, 6.07) is 35.5. The third-order valence-electron chi connectivity index (χ3n) is 8.46. The van der Waals surface area contributed by atoms with Crippen molar-refractivity contribution in [3.8, 4) is 82.9 Å². The molecular formula is C40H10N10. The number of hydrogen-bond donors (Lipinski definition) is 0. The molecule has 0 N–H and O–H groups in total. The van der Waals surface area contributed by atoms with Crippen molar-refractivity contribution in [1.82, 2.24) is 0 Å². The molecule has 2 aliphatic carbocycles. The lowest BCUT2D eigenvalue weighted by molar-refractivity contribution is 1.39. The molecule has 0 saturated carbocycles. The van der Waals surface area contributed by atoms with Crippen LogP contribution in [0.2, 0.25) is 0 Å². The van der Waals surface area contributed by atoms with E-state index < -0.39 is 0 Å². The fraction of sp³-hybridized carbons (Fsp3) is 0. The second kappa shape index (κ2) is 12.1. The molecule has 0 amide bonds. The lowest BCUT2D eigenvalue weighted by atomic mass is 9.86. The largest absolute Gasteiger partial charge is 0.192 e. The lowest BCUT2D eigenvalue weighted by Gasteiger charge is -2.15. The molecule has 6 rings (SSSR count). The summed E-state index contributed by atoms with van der Waals surface area (Å²) < 4.78 is 0. The Bertz CT molecular complexity index is 2560. The van der Waals surface area contributed by atoms with Crippen LogP contribution in [0.4, 0.5) is 0 Å². The minimum atomic E-state index is -0.236. The second-order valence-electron chi connectivity index (χ2n) is 10.8. The van der Waals surface area contributed by atoms with Gasteiger partial charge < -0.3 is 0 Å². The summed E-state index contributed by atoms with van der Waals surface area (Å²) in [6.45, 7) is 0. The summed E-state index contributed by atoms with van der Waals surface area (Å²) >= 11 is 0. The zero-order valence-corrected chi connectivity index (χ0v) is 25.2. The van der Waals surface area contributed by atoms with Gasteiger partial charge in [-0.05, 0) is 80.9 Å². The Morgan fingerprint density at radius 1 is 0.340 bits per heavy atom. The summed E-state index contributed by atoms with van der Waals surface area (Å²) in [4.78, 5) is 0. The molecule has 0 fully saturated rings. The van der Waals surface area contributed by atoms with Crippen LogP contribution in [0.25, 0.3) is 44.5 Å². The summed E-state index contributed by atoms with van der Waals surface area (Å²) in [7, 11) is 0. The molecule has 0 spiro atoms.